The minimum absolute atomic E-state index is 0.00561. The Bertz CT molecular complexity index is 1450. The van der Waals surface area contributed by atoms with Crippen LogP contribution >= 0.6 is 11.6 Å². The van der Waals surface area contributed by atoms with Gasteiger partial charge in [-0.3, -0.25) is 4.79 Å². The number of benzene rings is 1. The number of rotatable bonds is 4. The second kappa shape index (κ2) is 9.29. The second-order valence-corrected chi connectivity index (χ2v) is 9.07. The molecule has 2 unspecified atom stereocenters. The third-order valence-electron chi connectivity index (χ3n) is 6.22. The van der Waals surface area contributed by atoms with Crippen molar-refractivity contribution in [2.24, 2.45) is 0 Å². The van der Waals surface area contributed by atoms with Gasteiger partial charge in [-0.05, 0) is 43.0 Å². The minimum Gasteiger partial charge on any atom is -0.466 e. The minimum atomic E-state index is -4.67. The molecule has 2 atom stereocenters. The monoisotopic (exact) mass is 541 g/mol. The second-order valence-electron chi connectivity index (χ2n) is 8.66. The Morgan fingerprint density at radius 3 is 2.70 bits per heavy atom. The first kappa shape index (κ1) is 24.9. The fourth-order valence-electron chi connectivity index (χ4n) is 4.69. The zero-order chi connectivity index (χ0) is 26.5. The number of halogens is 6. The summed E-state index contributed by atoms with van der Waals surface area (Å²) < 4.78 is 70.4. The summed E-state index contributed by atoms with van der Waals surface area (Å²) in [6, 6.07) is 3.24. The molecule has 37 heavy (non-hydrogen) atoms. The number of pyridine rings is 1. The van der Waals surface area contributed by atoms with E-state index in [2.05, 4.69) is 25.2 Å². The maximum Gasteiger partial charge on any atom is 0.422 e. The van der Waals surface area contributed by atoms with Crippen LogP contribution in [0.4, 0.5) is 32.4 Å². The molecule has 4 heterocycles. The highest BCUT2D eigenvalue weighted by molar-refractivity contribution is 6.33. The summed E-state index contributed by atoms with van der Waals surface area (Å²) in [5.74, 6) is -2.93. The van der Waals surface area contributed by atoms with Gasteiger partial charge in [0.1, 0.15) is 5.82 Å². The standard InChI is InChI=1S/C23H17ClF5N5O3/c24-14-7-17(15(25)6-13(14)11-4-16(26)21(30-8-11)37-9-23(27,28)29)31-22(36)34-12-1-2-18(34)20-10(3-12)5-19(35)32-33-20/h4-8,12,18H,1-3,9H2,(H,31,36)(H,32,35). The van der Waals surface area contributed by atoms with Crippen molar-refractivity contribution < 1.29 is 31.5 Å². The number of fused-ring (bicyclic) bond motifs is 4. The molecule has 2 amide bonds. The number of urea groups is 1. The molecule has 0 aliphatic carbocycles. The Morgan fingerprint density at radius 2 is 1.97 bits per heavy atom. The highest BCUT2D eigenvalue weighted by Gasteiger charge is 2.44. The van der Waals surface area contributed by atoms with Gasteiger partial charge in [0.25, 0.3) is 11.4 Å². The van der Waals surface area contributed by atoms with Gasteiger partial charge >= 0.3 is 12.2 Å². The summed E-state index contributed by atoms with van der Waals surface area (Å²) in [7, 11) is 0. The number of hydrogen-bond donors (Lipinski definition) is 2. The number of nitrogens with zero attached hydrogens (tertiary/aromatic N) is 3. The van der Waals surface area contributed by atoms with E-state index in [1.165, 1.54) is 6.07 Å². The molecule has 0 radical (unpaired) electrons. The molecule has 14 heteroatoms. The fourth-order valence-corrected chi connectivity index (χ4v) is 4.96. The Morgan fingerprint density at radius 1 is 1.19 bits per heavy atom. The number of nitrogens with one attached hydrogen (secondary N) is 2. The third kappa shape index (κ3) is 4.95. The number of aromatic amines is 1. The van der Waals surface area contributed by atoms with E-state index < -0.39 is 36.3 Å². The Labute approximate surface area is 210 Å². The number of anilines is 1. The molecule has 8 nitrogen and oxygen atoms in total. The van der Waals surface area contributed by atoms with Crippen LogP contribution in [0.5, 0.6) is 5.88 Å². The van der Waals surface area contributed by atoms with Crippen molar-refractivity contribution >= 4 is 23.3 Å². The van der Waals surface area contributed by atoms with Crippen LogP contribution in [0.2, 0.25) is 5.02 Å². The molecule has 2 aromatic heterocycles. The molecule has 5 rings (SSSR count). The number of amides is 2. The first-order valence-electron chi connectivity index (χ1n) is 11.0. The third-order valence-corrected chi connectivity index (χ3v) is 6.53. The van der Waals surface area contributed by atoms with Crippen LogP contribution in [0.15, 0.2) is 35.3 Å². The van der Waals surface area contributed by atoms with Crippen LogP contribution in [0, 0.1) is 11.6 Å². The average Bonchev–Trinajstić information content (AvgIpc) is 3.14. The van der Waals surface area contributed by atoms with E-state index in [1.807, 2.05) is 0 Å². The quantitative estimate of drug-likeness (QED) is 0.453. The van der Waals surface area contributed by atoms with Crippen molar-refractivity contribution in [3.05, 3.63) is 68.7 Å². The van der Waals surface area contributed by atoms with Gasteiger partial charge in [-0.2, -0.15) is 18.3 Å². The normalized spacial score (nSPS) is 18.5. The number of carbonyl (C=O) groups excluding carboxylic acids is 1. The average molecular weight is 542 g/mol. The molecule has 0 saturated carbocycles. The van der Waals surface area contributed by atoms with Crippen molar-refractivity contribution in [1.82, 2.24) is 20.1 Å². The largest absolute Gasteiger partial charge is 0.466 e. The molecule has 2 aliphatic rings. The number of H-pyrrole nitrogens is 1. The zero-order valence-corrected chi connectivity index (χ0v) is 19.5. The molecular formula is C23H17ClF5N5O3. The first-order chi connectivity index (χ1) is 17.5. The van der Waals surface area contributed by atoms with Crippen molar-refractivity contribution in [1.29, 1.82) is 0 Å². The lowest BCUT2D eigenvalue weighted by atomic mass is 9.99. The summed E-state index contributed by atoms with van der Waals surface area (Å²) >= 11 is 6.26. The SMILES string of the molecule is O=C(Nc1cc(Cl)c(-c2cnc(OCC(F)(F)F)c(F)c2)cc1F)N1C2CCC1c1n[nH]c(=O)cc1C2. The maximum absolute atomic E-state index is 15.0. The van der Waals surface area contributed by atoms with Gasteiger partial charge in [-0.25, -0.2) is 23.7 Å². The Kier molecular flexibility index (Phi) is 6.26. The molecule has 2 N–H and O–H groups in total. The van der Waals surface area contributed by atoms with E-state index >= 15 is 0 Å². The Balaban J connectivity index is 1.35. The fraction of sp³-hybridized carbons (Fsp3) is 0.304. The van der Waals surface area contributed by atoms with Crippen molar-refractivity contribution in [2.45, 2.75) is 37.5 Å². The van der Waals surface area contributed by atoms with Gasteiger partial charge < -0.3 is 15.0 Å². The number of aromatic nitrogens is 3. The van der Waals surface area contributed by atoms with Crippen LogP contribution in [0.1, 0.15) is 30.1 Å². The predicted octanol–water partition coefficient (Wildman–Crippen LogP) is 5.00. The lowest BCUT2D eigenvalue weighted by Crippen LogP contribution is -2.45. The first-order valence-corrected chi connectivity index (χ1v) is 11.4. The van der Waals surface area contributed by atoms with E-state index in [4.69, 9.17) is 11.6 Å². The van der Waals surface area contributed by atoms with Crippen LogP contribution in [-0.4, -0.2) is 44.9 Å². The van der Waals surface area contributed by atoms with Crippen LogP contribution in [0.25, 0.3) is 11.1 Å². The summed E-state index contributed by atoms with van der Waals surface area (Å²) in [5, 5.41) is 8.92. The molecule has 2 bridgehead atoms. The zero-order valence-electron chi connectivity index (χ0n) is 18.7. The molecule has 194 valence electrons. The van der Waals surface area contributed by atoms with Gasteiger partial charge in [0.2, 0.25) is 0 Å². The van der Waals surface area contributed by atoms with E-state index in [9.17, 15) is 31.5 Å². The van der Waals surface area contributed by atoms with E-state index in [1.54, 1.807) is 4.90 Å². The number of carbonyl (C=O) groups is 1. The summed E-state index contributed by atoms with van der Waals surface area (Å²) in [5.41, 5.74) is 0.808. The van der Waals surface area contributed by atoms with E-state index in [0.29, 0.717) is 25.0 Å². The molecule has 1 aromatic carbocycles. The topological polar surface area (TPSA) is 100 Å². The predicted molar refractivity (Wildman–Crippen MR) is 121 cm³/mol. The number of alkyl halides is 3. The molecule has 1 saturated heterocycles. The smallest absolute Gasteiger partial charge is 0.422 e. The van der Waals surface area contributed by atoms with Gasteiger partial charge in [-0.1, -0.05) is 11.6 Å². The van der Waals surface area contributed by atoms with Gasteiger partial charge in [-0.15, -0.1) is 0 Å². The number of ether oxygens (including phenoxy) is 1. The Hall–Kier alpha value is -3.74. The van der Waals surface area contributed by atoms with Crippen LogP contribution in [0.3, 0.4) is 0 Å². The van der Waals surface area contributed by atoms with Crippen molar-refractivity contribution in [3.63, 3.8) is 0 Å². The van der Waals surface area contributed by atoms with Gasteiger partial charge in [0, 0.05) is 29.4 Å². The summed E-state index contributed by atoms with van der Waals surface area (Å²) in [6.07, 6.45) is -1.92. The van der Waals surface area contributed by atoms with E-state index in [0.717, 1.165) is 30.0 Å². The van der Waals surface area contributed by atoms with Crippen molar-refractivity contribution in [2.75, 3.05) is 11.9 Å². The highest BCUT2D eigenvalue weighted by atomic mass is 35.5. The maximum atomic E-state index is 15.0. The molecular weight excluding hydrogens is 525 g/mol. The lowest BCUT2D eigenvalue weighted by Gasteiger charge is -2.35. The number of hydrogen-bond acceptors (Lipinski definition) is 5. The van der Waals surface area contributed by atoms with Crippen molar-refractivity contribution in [3.8, 4) is 17.0 Å². The summed E-state index contributed by atoms with van der Waals surface area (Å²) in [4.78, 5) is 29.8. The highest BCUT2D eigenvalue weighted by Crippen LogP contribution is 2.43. The molecule has 1 fully saturated rings. The van der Waals surface area contributed by atoms with Gasteiger partial charge in [0.15, 0.2) is 12.4 Å². The van der Waals surface area contributed by atoms with Crippen LogP contribution < -0.4 is 15.6 Å². The molecule has 2 aliphatic heterocycles. The van der Waals surface area contributed by atoms with E-state index in [-0.39, 0.29) is 39.5 Å². The lowest BCUT2D eigenvalue weighted by molar-refractivity contribution is -0.154. The van der Waals surface area contributed by atoms with Crippen LogP contribution in [-0.2, 0) is 6.42 Å². The molecule has 0 spiro atoms. The molecule has 3 aromatic rings. The summed E-state index contributed by atoms with van der Waals surface area (Å²) in [6.45, 7) is -1.72. The van der Waals surface area contributed by atoms with Gasteiger partial charge in [0.05, 0.1) is 22.4 Å².